The molecule has 9 heteroatoms. The lowest BCUT2D eigenvalue weighted by Crippen LogP contribution is -2.18. The van der Waals surface area contributed by atoms with Crippen LogP contribution >= 0.6 is 0 Å². The van der Waals surface area contributed by atoms with Gasteiger partial charge in [0.15, 0.2) is 0 Å². The van der Waals surface area contributed by atoms with E-state index in [0.717, 1.165) is 28.6 Å². The van der Waals surface area contributed by atoms with Crippen molar-refractivity contribution in [2.24, 2.45) is 5.10 Å². The smallest absolute Gasteiger partial charge is 0.416 e. The van der Waals surface area contributed by atoms with Gasteiger partial charge in [-0.05, 0) is 60.2 Å². The summed E-state index contributed by atoms with van der Waals surface area (Å²) in [4.78, 5) is 18.0. The lowest BCUT2D eigenvalue weighted by atomic mass is 10.0. The maximum Gasteiger partial charge on any atom is 0.416 e. The molecule has 1 amide bonds. The SMILES string of the molecule is O=C(N/N=C/c1cn(Cc2cccc(C(F)(F)F)c2)c2ccccc12)c1cc(-c2ccc(O)cc2)nc2ccccc12. The highest BCUT2D eigenvalue weighted by Gasteiger charge is 2.30. The molecule has 0 saturated carbocycles. The van der Waals surface area contributed by atoms with E-state index >= 15 is 0 Å². The fourth-order valence-corrected chi connectivity index (χ4v) is 4.92. The van der Waals surface area contributed by atoms with Crippen LogP contribution in [0.3, 0.4) is 0 Å². The Morgan fingerprint density at radius 1 is 0.905 bits per heavy atom. The number of hydrogen-bond donors (Lipinski definition) is 2. The molecule has 0 bridgehead atoms. The van der Waals surface area contributed by atoms with E-state index in [1.165, 1.54) is 12.3 Å². The number of aromatic nitrogens is 2. The highest BCUT2D eigenvalue weighted by molar-refractivity contribution is 6.07. The van der Waals surface area contributed by atoms with Crippen molar-refractivity contribution in [1.29, 1.82) is 0 Å². The van der Waals surface area contributed by atoms with E-state index in [4.69, 9.17) is 0 Å². The molecule has 208 valence electrons. The number of alkyl halides is 3. The minimum Gasteiger partial charge on any atom is -0.508 e. The fraction of sp³-hybridized carbons (Fsp3) is 0.0606. The first-order valence-electron chi connectivity index (χ1n) is 13.0. The summed E-state index contributed by atoms with van der Waals surface area (Å²) in [7, 11) is 0. The Morgan fingerprint density at radius 3 is 2.43 bits per heavy atom. The number of phenols is 1. The van der Waals surface area contributed by atoms with Gasteiger partial charge in [-0.2, -0.15) is 18.3 Å². The quantitative estimate of drug-likeness (QED) is 0.164. The average Bonchev–Trinajstić information content (AvgIpc) is 3.33. The second-order valence-corrected chi connectivity index (χ2v) is 9.75. The molecule has 0 radical (unpaired) electrons. The number of phenolic OH excluding ortho intramolecular Hbond substituents is 1. The van der Waals surface area contributed by atoms with Crippen LogP contribution in [0.4, 0.5) is 13.2 Å². The molecular weight excluding hydrogens is 541 g/mol. The third-order valence-corrected chi connectivity index (χ3v) is 6.92. The van der Waals surface area contributed by atoms with Crippen LogP contribution in [0.2, 0.25) is 0 Å². The van der Waals surface area contributed by atoms with E-state index in [-0.39, 0.29) is 12.3 Å². The molecule has 2 heterocycles. The molecule has 0 aliphatic carbocycles. The number of hydrazone groups is 1. The van der Waals surface area contributed by atoms with E-state index in [0.29, 0.717) is 33.3 Å². The molecular formula is C33H23F3N4O2. The van der Waals surface area contributed by atoms with Crippen LogP contribution < -0.4 is 5.43 Å². The molecule has 0 saturated heterocycles. The third kappa shape index (κ3) is 5.44. The van der Waals surface area contributed by atoms with E-state index in [9.17, 15) is 23.1 Å². The van der Waals surface area contributed by atoms with Crippen molar-refractivity contribution >= 4 is 33.9 Å². The molecule has 6 nitrogen and oxygen atoms in total. The van der Waals surface area contributed by atoms with Crippen LogP contribution in [0.15, 0.2) is 114 Å². The maximum atomic E-state index is 13.3. The number of nitrogens with one attached hydrogen (secondary N) is 1. The summed E-state index contributed by atoms with van der Waals surface area (Å²) < 4.78 is 41.5. The fourth-order valence-electron chi connectivity index (χ4n) is 4.92. The van der Waals surface area contributed by atoms with E-state index in [1.54, 1.807) is 42.6 Å². The summed E-state index contributed by atoms with van der Waals surface area (Å²) in [6.45, 7) is 0.230. The molecule has 0 aliphatic heterocycles. The van der Waals surface area contributed by atoms with Gasteiger partial charge in [0, 0.05) is 40.2 Å². The Balaban J connectivity index is 1.28. The van der Waals surface area contributed by atoms with Gasteiger partial charge < -0.3 is 9.67 Å². The van der Waals surface area contributed by atoms with Crippen molar-refractivity contribution < 1.29 is 23.1 Å². The van der Waals surface area contributed by atoms with Crippen LogP contribution in [0.1, 0.15) is 27.0 Å². The second kappa shape index (κ2) is 10.9. The number of halogens is 3. The van der Waals surface area contributed by atoms with Crippen LogP contribution in [0.25, 0.3) is 33.1 Å². The van der Waals surface area contributed by atoms with Gasteiger partial charge in [0.05, 0.1) is 28.6 Å². The lowest BCUT2D eigenvalue weighted by molar-refractivity contribution is -0.137. The Hall–Kier alpha value is -5.44. The number of nitrogens with zero attached hydrogens (tertiary/aromatic N) is 3. The summed E-state index contributed by atoms with van der Waals surface area (Å²) in [5.41, 5.74) is 6.26. The average molecular weight is 565 g/mol. The van der Waals surface area contributed by atoms with Crippen molar-refractivity contribution in [3.05, 3.63) is 132 Å². The summed E-state index contributed by atoms with van der Waals surface area (Å²) in [5.74, 6) is -0.305. The van der Waals surface area contributed by atoms with Crippen molar-refractivity contribution in [2.75, 3.05) is 0 Å². The summed E-state index contributed by atoms with van der Waals surface area (Å²) in [6, 6.07) is 28.3. The Morgan fingerprint density at radius 2 is 1.64 bits per heavy atom. The number of pyridine rings is 1. The standard InChI is InChI=1S/C33H23F3N4O2/c34-33(35,36)24-7-5-6-21(16-24)19-40-20-23(26-8-2-4-11-31(26)40)18-37-39-32(42)28-17-30(22-12-14-25(41)15-13-22)38-29-10-3-1-9-27(28)29/h1-18,20,41H,19H2,(H,39,42)/b37-18+. The molecule has 0 aliphatic rings. The summed E-state index contributed by atoms with van der Waals surface area (Å²) >= 11 is 0. The van der Waals surface area contributed by atoms with Crippen molar-refractivity contribution in [3.8, 4) is 17.0 Å². The minimum absolute atomic E-state index is 0.128. The molecule has 0 fully saturated rings. The topological polar surface area (TPSA) is 79.5 Å². The second-order valence-electron chi connectivity index (χ2n) is 9.75. The predicted molar refractivity (Wildman–Crippen MR) is 156 cm³/mol. The molecule has 4 aromatic carbocycles. The lowest BCUT2D eigenvalue weighted by Gasteiger charge is -2.10. The first kappa shape index (κ1) is 26.8. The van der Waals surface area contributed by atoms with Gasteiger partial charge in [0.2, 0.25) is 0 Å². The van der Waals surface area contributed by atoms with Crippen molar-refractivity contribution in [3.63, 3.8) is 0 Å². The Bertz CT molecular complexity index is 1960. The number of carbonyl (C=O) groups is 1. The van der Waals surface area contributed by atoms with Crippen LogP contribution in [-0.4, -0.2) is 26.8 Å². The Kier molecular flexibility index (Phi) is 6.92. The molecule has 2 N–H and O–H groups in total. The number of amides is 1. The van der Waals surface area contributed by atoms with Gasteiger partial charge >= 0.3 is 6.18 Å². The Labute approximate surface area is 238 Å². The summed E-state index contributed by atoms with van der Waals surface area (Å²) in [5, 5.41) is 15.4. The van der Waals surface area contributed by atoms with Gasteiger partial charge in [0.25, 0.3) is 5.91 Å². The van der Waals surface area contributed by atoms with Gasteiger partial charge in [-0.15, -0.1) is 0 Å². The zero-order valence-corrected chi connectivity index (χ0v) is 22.0. The number of aromatic hydroxyl groups is 1. The first-order valence-corrected chi connectivity index (χ1v) is 13.0. The molecule has 0 spiro atoms. The highest BCUT2D eigenvalue weighted by Crippen LogP contribution is 2.30. The van der Waals surface area contributed by atoms with Gasteiger partial charge in [-0.3, -0.25) is 4.79 Å². The zero-order valence-electron chi connectivity index (χ0n) is 22.0. The number of rotatable bonds is 6. The molecule has 0 unspecified atom stereocenters. The van der Waals surface area contributed by atoms with Gasteiger partial charge in [-0.1, -0.05) is 48.5 Å². The number of fused-ring (bicyclic) bond motifs is 2. The minimum atomic E-state index is -4.42. The molecule has 2 aromatic heterocycles. The van der Waals surface area contributed by atoms with Gasteiger partial charge in [-0.25, -0.2) is 10.4 Å². The third-order valence-electron chi connectivity index (χ3n) is 6.92. The van der Waals surface area contributed by atoms with Crippen LogP contribution in [0.5, 0.6) is 5.75 Å². The molecule has 6 aromatic rings. The van der Waals surface area contributed by atoms with Crippen molar-refractivity contribution in [1.82, 2.24) is 15.0 Å². The molecule has 42 heavy (non-hydrogen) atoms. The maximum absolute atomic E-state index is 13.3. The van der Waals surface area contributed by atoms with Crippen molar-refractivity contribution in [2.45, 2.75) is 12.7 Å². The van der Waals surface area contributed by atoms with Crippen LogP contribution in [-0.2, 0) is 12.7 Å². The first-order chi connectivity index (χ1) is 20.3. The van der Waals surface area contributed by atoms with E-state index in [2.05, 4.69) is 15.5 Å². The number of benzene rings is 4. The number of carbonyl (C=O) groups excluding carboxylic acids is 1. The number of para-hydroxylation sites is 2. The largest absolute Gasteiger partial charge is 0.508 e. The monoisotopic (exact) mass is 564 g/mol. The molecule has 6 rings (SSSR count). The van der Waals surface area contributed by atoms with Crippen LogP contribution in [0, 0.1) is 0 Å². The predicted octanol–water partition coefficient (Wildman–Crippen LogP) is 7.39. The summed E-state index contributed by atoms with van der Waals surface area (Å²) in [6.07, 6.45) is -1.10. The van der Waals surface area contributed by atoms with E-state index < -0.39 is 17.6 Å². The highest BCUT2D eigenvalue weighted by atomic mass is 19.4. The zero-order chi connectivity index (χ0) is 29.3. The number of hydrogen-bond acceptors (Lipinski definition) is 4. The molecule has 0 atom stereocenters. The van der Waals surface area contributed by atoms with E-state index in [1.807, 2.05) is 53.1 Å². The normalized spacial score (nSPS) is 11.9. The van der Waals surface area contributed by atoms with Gasteiger partial charge in [0.1, 0.15) is 5.75 Å².